The maximum absolute atomic E-state index is 14.0. The van der Waals surface area contributed by atoms with E-state index in [1.807, 2.05) is 0 Å². The van der Waals surface area contributed by atoms with Gasteiger partial charge in [-0.3, -0.25) is 9.59 Å². The number of hydrogen-bond acceptors (Lipinski definition) is 3. The Morgan fingerprint density at radius 2 is 2.13 bits per heavy atom. The predicted molar refractivity (Wildman–Crippen MR) is 87.8 cm³/mol. The quantitative estimate of drug-likeness (QED) is 0.855. The normalized spacial score (nSPS) is 16.2. The number of benzene rings is 1. The smallest absolute Gasteiger partial charge is 0.312 e. The lowest BCUT2D eigenvalue weighted by atomic mass is 10.0. The fraction of sp³-hybridized carbons (Fsp3) is 0.250. The number of carboxylic acids is 1. The van der Waals surface area contributed by atoms with Crippen molar-refractivity contribution in [3.05, 3.63) is 56.2 Å². The molecule has 1 aliphatic rings. The first-order valence-corrected chi connectivity index (χ1v) is 7.87. The van der Waals surface area contributed by atoms with Gasteiger partial charge >= 0.3 is 5.97 Å². The number of aromatic nitrogens is 1. The summed E-state index contributed by atoms with van der Waals surface area (Å²) in [4.78, 5) is 23.7. The summed E-state index contributed by atoms with van der Waals surface area (Å²) in [6.45, 7) is 2.03. The largest absolute Gasteiger partial charge is 0.481 e. The van der Waals surface area contributed by atoms with Crippen LogP contribution in [0.15, 0.2) is 33.5 Å². The Morgan fingerprint density at radius 1 is 1.39 bits per heavy atom. The van der Waals surface area contributed by atoms with Crippen LogP contribution in [0.5, 0.6) is 0 Å². The van der Waals surface area contributed by atoms with Crippen LogP contribution in [-0.2, 0) is 11.3 Å². The van der Waals surface area contributed by atoms with Crippen molar-refractivity contribution in [2.75, 3.05) is 5.32 Å². The van der Waals surface area contributed by atoms with Crippen molar-refractivity contribution in [2.45, 2.75) is 25.8 Å². The van der Waals surface area contributed by atoms with Gasteiger partial charge in [0, 0.05) is 28.0 Å². The van der Waals surface area contributed by atoms with Gasteiger partial charge in [-0.15, -0.1) is 0 Å². The number of nitrogens with zero attached hydrogens (tertiary/aromatic N) is 1. The third kappa shape index (κ3) is 2.76. The molecular weight excluding hydrogens is 367 g/mol. The minimum absolute atomic E-state index is 0.227. The third-order valence-electron chi connectivity index (χ3n) is 4.07. The molecule has 1 aromatic heterocycles. The van der Waals surface area contributed by atoms with Crippen molar-refractivity contribution in [1.29, 1.82) is 0 Å². The molecule has 3 rings (SSSR count). The number of aliphatic carboxylic acids is 1. The van der Waals surface area contributed by atoms with Crippen molar-refractivity contribution >= 4 is 33.3 Å². The lowest BCUT2D eigenvalue weighted by Crippen LogP contribution is -2.23. The Bertz CT molecular complexity index is 863. The minimum atomic E-state index is -0.958. The molecule has 0 radical (unpaired) electrons. The van der Waals surface area contributed by atoms with Crippen molar-refractivity contribution in [2.24, 2.45) is 0 Å². The molecule has 120 valence electrons. The van der Waals surface area contributed by atoms with Crippen molar-refractivity contribution < 1.29 is 14.3 Å². The Kier molecular flexibility index (Phi) is 3.97. The average Bonchev–Trinajstić information content (AvgIpc) is 2.91. The van der Waals surface area contributed by atoms with E-state index >= 15 is 0 Å². The van der Waals surface area contributed by atoms with Crippen molar-refractivity contribution in [1.82, 2.24) is 4.57 Å². The van der Waals surface area contributed by atoms with Gasteiger partial charge in [-0.25, -0.2) is 4.39 Å². The summed E-state index contributed by atoms with van der Waals surface area (Å²) in [6, 6.07) is 6.18. The molecule has 0 bridgehead atoms. The van der Waals surface area contributed by atoms with Crippen LogP contribution < -0.4 is 10.9 Å². The molecule has 0 saturated carbocycles. The molecule has 5 nitrogen and oxygen atoms in total. The summed E-state index contributed by atoms with van der Waals surface area (Å²) in [5.74, 6) is -2.13. The molecule has 1 unspecified atom stereocenters. The summed E-state index contributed by atoms with van der Waals surface area (Å²) in [6.07, 6.45) is 0.389. The van der Waals surface area contributed by atoms with Crippen LogP contribution in [0.25, 0.3) is 0 Å². The van der Waals surface area contributed by atoms with E-state index in [9.17, 15) is 19.1 Å². The topological polar surface area (TPSA) is 71.3 Å². The number of hydrogen-bond donors (Lipinski definition) is 2. The molecular formula is C16H14BrFN2O3. The molecule has 0 spiro atoms. The van der Waals surface area contributed by atoms with E-state index in [0.29, 0.717) is 34.4 Å². The Labute approximate surface area is 139 Å². The summed E-state index contributed by atoms with van der Waals surface area (Å²) in [5.41, 5.74) is 1.29. The van der Waals surface area contributed by atoms with Gasteiger partial charge < -0.3 is 15.0 Å². The molecule has 7 heteroatoms. The molecule has 23 heavy (non-hydrogen) atoms. The zero-order valence-corrected chi connectivity index (χ0v) is 13.9. The first kappa shape index (κ1) is 15.7. The third-order valence-corrected chi connectivity index (χ3v) is 4.56. The van der Waals surface area contributed by atoms with Crippen LogP contribution in [0.1, 0.15) is 23.6 Å². The van der Waals surface area contributed by atoms with Gasteiger partial charge in [0.05, 0.1) is 11.6 Å². The molecule has 1 atom stereocenters. The van der Waals surface area contributed by atoms with E-state index in [1.54, 1.807) is 25.1 Å². The van der Waals surface area contributed by atoms with Gasteiger partial charge in [-0.1, -0.05) is 15.9 Å². The highest BCUT2D eigenvalue weighted by Crippen LogP contribution is 2.31. The van der Waals surface area contributed by atoms with Crippen LogP contribution in [0.2, 0.25) is 0 Å². The summed E-state index contributed by atoms with van der Waals surface area (Å²) in [5, 5.41) is 12.2. The van der Waals surface area contributed by atoms with E-state index < -0.39 is 17.7 Å². The summed E-state index contributed by atoms with van der Waals surface area (Å²) >= 11 is 3.19. The zero-order valence-electron chi connectivity index (χ0n) is 12.3. The molecule has 0 amide bonds. The van der Waals surface area contributed by atoms with Crippen LogP contribution >= 0.6 is 15.9 Å². The number of rotatable bonds is 3. The van der Waals surface area contributed by atoms with Crippen LogP contribution in [0.4, 0.5) is 15.8 Å². The minimum Gasteiger partial charge on any atom is -0.481 e. The van der Waals surface area contributed by atoms with Gasteiger partial charge in [-0.05, 0) is 37.6 Å². The molecule has 2 heterocycles. The fourth-order valence-corrected chi connectivity index (χ4v) is 3.14. The number of fused-ring (bicyclic) bond motifs is 1. The number of nitrogens with one attached hydrogen (secondary N) is 1. The highest BCUT2D eigenvalue weighted by atomic mass is 79.9. The molecule has 1 aliphatic heterocycles. The molecule has 2 N–H and O–H groups in total. The van der Waals surface area contributed by atoms with Crippen LogP contribution in [0, 0.1) is 12.7 Å². The lowest BCUT2D eigenvalue weighted by Gasteiger charge is -2.14. The molecule has 0 aliphatic carbocycles. The summed E-state index contributed by atoms with van der Waals surface area (Å²) in [7, 11) is 0. The van der Waals surface area contributed by atoms with Gasteiger partial charge in [-0.2, -0.15) is 0 Å². The van der Waals surface area contributed by atoms with Gasteiger partial charge in [0.2, 0.25) is 0 Å². The predicted octanol–water partition coefficient (Wildman–Crippen LogP) is 3.37. The van der Waals surface area contributed by atoms with E-state index in [1.165, 1.54) is 10.6 Å². The zero-order chi connectivity index (χ0) is 16.7. The number of carbonyl (C=O) groups is 1. The first-order valence-electron chi connectivity index (χ1n) is 7.07. The second-order valence-corrected chi connectivity index (χ2v) is 6.41. The molecule has 0 saturated heterocycles. The monoisotopic (exact) mass is 380 g/mol. The number of carboxylic acid groups (broad SMARTS) is 1. The number of halogens is 2. The SMILES string of the molecule is Cc1c(Nc2ccc(Br)cc2F)cc2n(c1=O)CCC2C(=O)O. The Balaban J connectivity index is 2.07. The maximum atomic E-state index is 14.0. The Morgan fingerprint density at radius 3 is 2.78 bits per heavy atom. The summed E-state index contributed by atoms with van der Waals surface area (Å²) < 4.78 is 16.1. The molecule has 1 aromatic carbocycles. The van der Waals surface area contributed by atoms with E-state index in [-0.39, 0.29) is 11.2 Å². The van der Waals surface area contributed by atoms with Crippen LogP contribution in [0.3, 0.4) is 0 Å². The second kappa shape index (κ2) is 5.81. The highest BCUT2D eigenvalue weighted by Gasteiger charge is 2.30. The van der Waals surface area contributed by atoms with Gasteiger partial charge in [0.25, 0.3) is 5.56 Å². The average molecular weight is 381 g/mol. The first-order chi connectivity index (χ1) is 10.9. The Hall–Kier alpha value is -2.15. The maximum Gasteiger partial charge on any atom is 0.312 e. The molecule has 0 fully saturated rings. The number of pyridine rings is 1. The number of anilines is 2. The second-order valence-electron chi connectivity index (χ2n) is 5.49. The molecule has 2 aromatic rings. The fourth-order valence-electron chi connectivity index (χ4n) is 2.81. The lowest BCUT2D eigenvalue weighted by molar-refractivity contribution is -0.138. The highest BCUT2D eigenvalue weighted by molar-refractivity contribution is 9.10. The van der Waals surface area contributed by atoms with Gasteiger partial charge in [0.1, 0.15) is 5.82 Å². The van der Waals surface area contributed by atoms with E-state index in [4.69, 9.17) is 0 Å². The van der Waals surface area contributed by atoms with Crippen LogP contribution in [-0.4, -0.2) is 15.6 Å². The van der Waals surface area contributed by atoms with Crippen molar-refractivity contribution in [3.63, 3.8) is 0 Å². The van der Waals surface area contributed by atoms with Crippen molar-refractivity contribution in [3.8, 4) is 0 Å². The standard InChI is InChI=1S/C16H14BrFN2O3/c1-8-13(19-12-3-2-9(17)6-11(12)18)7-14-10(16(22)23)4-5-20(14)15(8)21/h2-3,6-7,10,19H,4-5H2,1H3,(H,22,23). The van der Waals surface area contributed by atoms with E-state index in [2.05, 4.69) is 21.2 Å². The van der Waals surface area contributed by atoms with Gasteiger partial charge in [0.15, 0.2) is 0 Å². The van der Waals surface area contributed by atoms with E-state index in [0.717, 1.165) is 0 Å².